The number of aromatic nitrogens is 1. The minimum absolute atomic E-state index is 0.0542. The van der Waals surface area contributed by atoms with Crippen molar-refractivity contribution in [1.29, 1.82) is 0 Å². The molecule has 2 aromatic carbocycles. The molecule has 0 aliphatic heterocycles. The lowest BCUT2D eigenvalue weighted by Gasteiger charge is -2.14. The van der Waals surface area contributed by atoms with E-state index < -0.39 is 0 Å². The molecule has 1 aliphatic carbocycles. The number of H-pyrrole nitrogens is 1. The van der Waals surface area contributed by atoms with E-state index in [0.29, 0.717) is 15.7 Å². The second-order valence-corrected chi connectivity index (χ2v) is 6.51. The number of Topliss-reactive ketones (excluding diaryl/α,β-unsaturated/α-hetero) is 1. The molecular weight excluding hydrogens is 329 g/mol. The molecule has 1 aromatic heterocycles. The van der Waals surface area contributed by atoms with Gasteiger partial charge < -0.3 is 4.98 Å². The molecule has 4 rings (SSSR count). The highest BCUT2D eigenvalue weighted by atomic mass is 35.5. The highest BCUT2D eigenvalue weighted by Gasteiger charge is 2.26. The van der Waals surface area contributed by atoms with E-state index in [2.05, 4.69) is 4.98 Å². The molecule has 4 heteroatoms. The first-order valence-electron chi connectivity index (χ1n) is 7.43. The zero-order valence-electron chi connectivity index (χ0n) is 12.2. The summed E-state index contributed by atoms with van der Waals surface area (Å²) < 4.78 is 0. The van der Waals surface area contributed by atoms with E-state index >= 15 is 0 Å². The van der Waals surface area contributed by atoms with Crippen LogP contribution in [0.4, 0.5) is 0 Å². The number of carbonyl (C=O) groups excluding carboxylic acids is 1. The molecule has 23 heavy (non-hydrogen) atoms. The lowest BCUT2D eigenvalue weighted by Crippen LogP contribution is -2.13. The first kappa shape index (κ1) is 14.6. The number of allylic oxidation sites excluding steroid dienone is 1. The van der Waals surface area contributed by atoms with Crippen LogP contribution in [0.2, 0.25) is 10.0 Å². The minimum atomic E-state index is 0.0542. The summed E-state index contributed by atoms with van der Waals surface area (Å²) in [5.74, 6) is 0.0542. The number of fused-ring (bicyclic) bond motifs is 3. The summed E-state index contributed by atoms with van der Waals surface area (Å²) in [6, 6.07) is 13.5. The average molecular weight is 342 g/mol. The quantitative estimate of drug-likeness (QED) is 0.567. The molecule has 0 fully saturated rings. The van der Waals surface area contributed by atoms with Gasteiger partial charge in [0, 0.05) is 16.5 Å². The smallest absolute Gasteiger partial charge is 0.205 e. The lowest BCUT2D eigenvalue weighted by molar-refractivity contribution is 0.102. The van der Waals surface area contributed by atoms with Crippen molar-refractivity contribution in [2.24, 2.45) is 0 Å². The van der Waals surface area contributed by atoms with Crippen LogP contribution in [0.15, 0.2) is 48.0 Å². The van der Waals surface area contributed by atoms with Gasteiger partial charge in [-0.25, -0.2) is 0 Å². The maximum atomic E-state index is 12.8. The summed E-state index contributed by atoms with van der Waals surface area (Å²) in [6.45, 7) is 0. The van der Waals surface area contributed by atoms with Gasteiger partial charge in [0.2, 0.25) is 5.78 Å². The van der Waals surface area contributed by atoms with Crippen LogP contribution in [0.3, 0.4) is 0 Å². The van der Waals surface area contributed by atoms with Gasteiger partial charge in [-0.05, 0) is 42.2 Å². The van der Waals surface area contributed by atoms with E-state index in [1.807, 2.05) is 42.5 Å². The van der Waals surface area contributed by atoms with Crippen LogP contribution in [0.1, 0.15) is 28.0 Å². The Labute approximate surface area is 143 Å². The molecule has 0 amide bonds. The van der Waals surface area contributed by atoms with Crippen LogP contribution in [-0.2, 0) is 6.42 Å². The number of hydrogen-bond acceptors (Lipinski definition) is 1. The number of benzene rings is 2. The maximum absolute atomic E-state index is 12.8. The van der Waals surface area contributed by atoms with Gasteiger partial charge in [0.25, 0.3) is 0 Å². The molecule has 0 spiro atoms. The normalized spacial score (nSPS) is 16.1. The summed E-state index contributed by atoms with van der Waals surface area (Å²) >= 11 is 12.2. The van der Waals surface area contributed by atoms with Crippen molar-refractivity contribution in [2.45, 2.75) is 12.8 Å². The second-order valence-electron chi connectivity index (χ2n) is 5.70. The van der Waals surface area contributed by atoms with Gasteiger partial charge in [0.05, 0.1) is 15.7 Å². The van der Waals surface area contributed by atoms with Crippen molar-refractivity contribution in [3.05, 3.63) is 74.9 Å². The molecule has 1 N–H and O–H groups in total. The number of ketones is 1. The van der Waals surface area contributed by atoms with E-state index in [4.69, 9.17) is 23.2 Å². The van der Waals surface area contributed by atoms with Crippen molar-refractivity contribution in [3.8, 4) is 0 Å². The van der Waals surface area contributed by atoms with Crippen LogP contribution < -0.4 is 0 Å². The molecule has 0 unspecified atom stereocenters. The van der Waals surface area contributed by atoms with Gasteiger partial charge in [-0.3, -0.25) is 4.79 Å². The van der Waals surface area contributed by atoms with Crippen molar-refractivity contribution >= 4 is 46.0 Å². The SMILES string of the molecule is O=C1/C(=C\c2ccccc2)CCc2c1[nH]c1cc(Cl)c(Cl)cc21. The fourth-order valence-electron chi connectivity index (χ4n) is 3.12. The standard InChI is InChI=1S/C19H13Cl2NO/c20-15-9-14-13-7-6-12(8-11-4-2-1-3-5-11)19(23)18(13)22-17(14)10-16(15)21/h1-5,8-10,22H,6-7H2/b12-8-. The van der Waals surface area contributed by atoms with Gasteiger partial charge in [0.15, 0.2) is 0 Å². The van der Waals surface area contributed by atoms with Crippen molar-refractivity contribution in [3.63, 3.8) is 0 Å². The maximum Gasteiger partial charge on any atom is 0.205 e. The largest absolute Gasteiger partial charge is 0.352 e. The van der Waals surface area contributed by atoms with Crippen molar-refractivity contribution in [1.82, 2.24) is 4.98 Å². The molecule has 0 radical (unpaired) electrons. The summed E-state index contributed by atoms with van der Waals surface area (Å²) in [5, 5.41) is 1.99. The second kappa shape index (κ2) is 5.55. The zero-order valence-corrected chi connectivity index (χ0v) is 13.7. The summed E-state index contributed by atoms with van der Waals surface area (Å²) in [6.07, 6.45) is 3.52. The third-order valence-electron chi connectivity index (χ3n) is 4.25. The number of halogens is 2. The fraction of sp³-hybridized carbons (Fsp3) is 0.105. The van der Waals surface area contributed by atoms with E-state index in [1.165, 1.54) is 0 Å². The topological polar surface area (TPSA) is 32.9 Å². The Morgan fingerprint density at radius 2 is 1.74 bits per heavy atom. The minimum Gasteiger partial charge on any atom is -0.352 e. The number of rotatable bonds is 1. The molecule has 1 heterocycles. The van der Waals surface area contributed by atoms with E-state index in [1.54, 1.807) is 6.07 Å². The first-order valence-corrected chi connectivity index (χ1v) is 8.19. The predicted molar refractivity (Wildman–Crippen MR) is 95.4 cm³/mol. The molecule has 0 atom stereocenters. The summed E-state index contributed by atoms with van der Waals surface area (Å²) in [7, 11) is 0. The number of hydrogen-bond donors (Lipinski definition) is 1. The Kier molecular flexibility index (Phi) is 3.51. The van der Waals surface area contributed by atoms with Gasteiger partial charge in [-0.15, -0.1) is 0 Å². The van der Waals surface area contributed by atoms with E-state index in [0.717, 1.165) is 40.4 Å². The lowest BCUT2D eigenvalue weighted by atomic mass is 9.89. The highest BCUT2D eigenvalue weighted by Crippen LogP contribution is 2.35. The Morgan fingerprint density at radius 1 is 1.00 bits per heavy atom. The number of aromatic amines is 1. The molecule has 0 saturated carbocycles. The first-order chi connectivity index (χ1) is 11.1. The van der Waals surface area contributed by atoms with Crippen LogP contribution >= 0.6 is 23.2 Å². The Balaban J connectivity index is 1.82. The Bertz CT molecular complexity index is 954. The zero-order chi connectivity index (χ0) is 16.0. The Hall–Kier alpha value is -2.03. The van der Waals surface area contributed by atoms with Crippen LogP contribution in [-0.4, -0.2) is 10.8 Å². The third-order valence-corrected chi connectivity index (χ3v) is 4.97. The average Bonchev–Trinajstić information content (AvgIpc) is 2.90. The highest BCUT2D eigenvalue weighted by molar-refractivity contribution is 6.42. The van der Waals surface area contributed by atoms with Gasteiger partial charge in [-0.2, -0.15) is 0 Å². The van der Waals surface area contributed by atoms with Crippen molar-refractivity contribution < 1.29 is 4.79 Å². The molecule has 114 valence electrons. The fourth-order valence-corrected chi connectivity index (χ4v) is 3.45. The van der Waals surface area contributed by atoms with Gasteiger partial charge in [-0.1, -0.05) is 53.5 Å². The predicted octanol–water partition coefficient (Wildman–Crippen LogP) is 5.69. The molecule has 0 bridgehead atoms. The summed E-state index contributed by atoms with van der Waals surface area (Å²) in [4.78, 5) is 16.0. The van der Waals surface area contributed by atoms with Gasteiger partial charge in [0.1, 0.15) is 0 Å². The molecular formula is C19H13Cl2NO. The monoisotopic (exact) mass is 341 g/mol. The number of nitrogens with one attached hydrogen (secondary N) is 1. The van der Waals surface area contributed by atoms with Crippen LogP contribution in [0.5, 0.6) is 0 Å². The van der Waals surface area contributed by atoms with Crippen molar-refractivity contribution in [2.75, 3.05) is 0 Å². The molecule has 2 nitrogen and oxygen atoms in total. The summed E-state index contributed by atoms with van der Waals surface area (Å²) in [5.41, 5.74) is 4.42. The van der Waals surface area contributed by atoms with E-state index in [9.17, 15) is 4.79 Å². The van der Waals surface area contributed by atoms with Crippen LogP contribution in [0, 0.1) is 0 Å². The van der Waals surface area contributed by atoms with Crippen LogP contribution in [0.25, 0.3) is 17.0 Å². The molecule has 1 aliphatic rings. The Morgan fingerprint density at radius 3 is 2.52 bits per heavy atom. The number of aryl methyl sites for hydroxylation is 1. The molecule has 3 aromatic rings. The third kappa shape index (κ3) is 2.48. The van der Waals surface area contributed by atoms with E-state index in [-0.39, 0.29) is 5.78 Å². The number of carbonyl (C=O) groups is 1. The molecule has 0 saturated heterocycles. The van der Waals surface area contributed by atoms with Gasteiger partial charge >= 0.3 is 0 Å².